The molecule has 1 N–H and O–H groups in total. The van der Waals surface area contributed by atoms with Gasteiger partial charge in [0.15, 0.2) is 5.82 Å². The molecular formula is C30H21N5O. The smallest absolute Gasteiger partial charge is 0.264 e. The van der Waals surface area contributed by atoms with E-state index in [0.29, 0.717) is 5.82 Å². The van der Waals surface area contributed by atoms with Gasteiger partial charge in [-0.15, -0.1) is 5.10 Å². The average Bonchev–Trinajstić information content (AvgIpc) is 3.39. The van der Waals surface area contributed by atoms with E-state index in [4.69, 9.17) is 0 Å². The highest BCUT2D eigenvalue weighted by Gasteiger charge is 2.18. The summed E-state index contributed by atoms with van der Waals surface area (Å²) in [5, 5.41) is 13.1. The molecule has 1 amide bonds. The van der Waals surface area contributed by atoms with Crippen LogP contribution in [0.4, 0.5) is 0 Å². The number of hydrogen-bond donors (Lipinski definition) is 1. The van der Waals surface area contributed by atoms with E-state index in [1.165, 1.54) is 0 Å². The summed E-state index contributed by atoms with van der Waals surface area (Å²) >= 11 is 0. The molecule has 0 atom stereocenters. The maximum atomic E-state index is 13.0. The number of aromatic nitrogens is 3. The minimum atomic E-state index is -0.484. The summed E-state index contributed by atoms with van der Waals surface area (Å²) in [5.41, 5.74) is 5.23. The number of fused-ring (bicyclic) bond motifs is 2. The predicted octanol–water partition coefficient (Wildman–Crippen LogP) is 6.00. The normalized spacial score (nSPS) is 11.3. The first-order valence-electron chi connectivity index (χ1n) is 11.6. The van der Waals surface area contributed by atoms with Crippen molar-refractivity contribution in [2.45, 2.75) is 0 Å². The van der Waals surface area contributed by atoms with Crippen molar-refractivity contribution in [3.8, 4) is 17.1 Å². The number of hydrazone groups is 1. The molecule has 6 nitrogen and oxygen atoms in total. The molecule has 6 aromatic rings. The van der Waals surface area contributed by atoms with Crippen molar-refractivity contribution in [2.24, 2.45) is 5.10 Å². The second-order valence-corrected chi connectivity index (χ2v) is 8.30. The van der Waals surface area contributed by atoms with Gasteiger partial charge in [-0.05, 0) is 39.7 Å². The molecule has 0 unspecified atom stereocenters. The molecule has 0 aliphatic rings. The van der Waals surface area contributed by atoms with Crippen LogP contribution in [0.5, 0.6) is 0 Å². The number of benzene rings is 5. The Morgan fingerprint density at radius 1 is 0.750 bits per heavy atom. The van der Waals surface area contributed by atoms with Crippen molar-refractivity contribution in [2.75, 3.05) is 0 Å². The standard InChI is InChI=1S/C30H21N5O/c36-30(28-32-29(21-11-3-1-4-12-21)35(34-28)24-15-5-2-6-16-24)33-31-20-27-25-17-9-7-13-22(25)19-23-14-8-10-18-26(23)27/h1-20H,(H,33,36)/b31-20-. The summed E-state index contributed by atoms with van der Waals surface area (Å²) in [6, 6.07) is 37.7. The van der Waals surface area contributed by atoms with Crippen molar-refractivity contribution in [3.05, 3.63) is 127 Å². The van der Waals surface area contributed by atoms with E-state index in [2.05, 4.69) is 50.9 Å². The predicted molar refractivity (Wildman–Crippen MR) is 143 cm³/mol. The van der Waals surface area contributed by atoms with Crippen molar-refractivity contribution in [3.63, 3.8) is 0 Å². The lowest BCUT2D eigenvalue weighted by atomic mass is 9.97. The number of nitrogens with zero attached hydrogens (tertiary/aromatic N) is 4. The Bertz CT molecular complexity index is 1610. The molecule has 0 bridgehead atoms. The molecular weight excluding hydrogens is 446 g/mol. The van der Waals surface area contributed by atoms with E-state index in [1.54, 1.807) is 10.9 Å². The van der Waals surface area contributed by atoms with Crippen molar-refractivity contribution in [1.29, 1.82) is 0 Å². The van der Waals surface area contributed by atoms with Gasteiger partial charge in [-0.1, -0.05) is 97.1 Å². The Morgan fingerprint density at radius 2 is 1.33 bits per heavy atom. The molecule has 6 rings (SSSR count). The Balaban J connectivity index is 1.35. The first-order chi connectivity index (χ1) is 17.8. The van der Waals surface area contributed by atoms with Gasteiger partial charge in [-0.25, -0.2) is 15.1 Å². The highest BCUT2D eigenvalue weighted by molar-refractivity contribution is 6.13. The van der Waals surface area contributed by atoms with Crippen LogP contribution in [0.25, 0.3) is 38.6 Å². The van der Waals surface area contributed by atoms with Gasteiger partial charge in [0.05, 0.1) is 11.9 Å². The molecule has 36 heavy (non-hydrogen) atoms. The number of nitrogens with one attached hydrogen (secondary N) is 1. The Morgan fingerprint density at radius 3 is 2.00 bits per heavy atom. The summed E-state index contributed by atoms with van der Waals surface area (Å²) in [4.78, 5) is 17.6. The number of carbonyl (C=O) groups excluding carboxylic acids is 1. The first-order valence-corrected chi connectivity index (χ1v) is 11.6. The minimum Gasteiger partial charge on any atom is -0.264 e. The quantitative estimate of drug-likeness (QED) is 0.192. The van der Waals surface area contributed by atoms with Gasteiger partial charge in [0, 0.05) is 11.1 Å². The summed E-state index contributed by atoms with van der Waals surface area (Å²) < 4.78 is 1.67. The van der Waals surface area contributed by atoms with Gasteiger partial charge in [-0.2, -0.15) is 5.10 Å². The van der Waals surface area contributed by atoms with Gasteiger partial charge >= 0.3 is 5.91 Å². The third kappa shape index (κ3) is 4.01. The van der Waals surface area contributed by atoms with E-state index >= 15 is 0 Å². The molecule has 0 saturated heterocycles. The minimum absolute atomic E-state index is 0.0395. The van der Waals surface area contributed by atoms with Crippen LogP contribution in [0.2, 0.25) is 0 Å². The highest BCUT2D eigenvalue weighted by atomic mass is 16.2. The monoisotopic (exact) mass is 467 g/mol. The van der Waals surface area contributed by atoms with Gasteiger partial charge in [0.25, 0.3) is 0 Å². The van der Waals surface area contributed by atoms with E-state index in [0.717, 1.165) is 38.4 Å². The maximum absolute atomic E-state index is 13.0. The van der Waals surface area contributed by atoms with Gasteiger partial charge in [0.1, 0.15) is 0 Å². The second-order valence-electron chi connectivity index (χ2n) is 8.30. The average molecular weight is 468 g/mol. The molecule has 172 valence electrons. The van der Waals surface area contributed by atoms with Crippen LogP contribution < -0.4 is 5.43 Å². The molecule has 0 aliphatic heterocycles. The van der Waals surface area contributed by atoms with Crippen LogP contribution >= 0.6 is 0 Å². The zero-order valence-electron chi connectivity index (χ0n) is 19.2. The SMILES string of the molecule is O=C(N/N=C\c1c2ccccc2cc2ccccc12)c1nc(-c2ccccc2)n(-c2ccccc2)n1. The van der Waals surface area contributed by atoms with Crippen LogP contribution in [0.3, 0.4) is 0 Å². The van der Waals surface area contributed by atoms with E-state index in [1.807, 2.05) is 84.9 Å². The number of para-hydroxylation sites is 1. The fourth-order valence-corrected chi connectivity index (χ4v) is 4.33. The Hall–Kier alpha value is -5.10. The zero-order chi connectivity index (χ0) is 24.3. The number of rotatable bonds is 5. The fraction of sp³-hybridized carbons (Fsp3) is 0. The van der Waals surface area contributed by atoms with Crippen LogP contribution in [0.15, 0.2) is 120 Å². The Kier molecular flexibility index (Phi) is 5.52. The van der Waals surface area contributed by atoms with E-state index in [9.17, 15) is 4.79 Å². The Labute approximate surface area is 207 Å². The molecule has 5 aromatic carbocycles. The lowest BCUT2D eigenvalue weighted by molar-refractivity contribution is 0.0945. The topological polar surface area (TPSA) is 72.2 Å². The van der Waals surface area contributed by atoms with Crippen LogP contribution in [-0.2, 0) is 0 Å². The number of amides is 1. The summed E-state index contributed by atoms with van der Waals surface area (Å²) in [7, 11) is 0. The van der Waals surface area contributed by atoms with Gasteiger partial charge in [-0.3, -0.25) is 4.79 Å². The maximum Gasteiger partial charge on any atom is 0.311 e. The largest absolute Gasteiger partial charge is 0.311 e. The summed E-state index contributed by atoms with van der Waals surface area (Å²) in [6.07, 6.45) is 1.69. The fourth-order valence-electron chi connectivity index (χ4n) is 4.33. The third-order valence-corrected chi connectivity index (χ3v) is 6.02. The highest BCUT2D eigenvalue weighted by Crippen LogP contribution is 2.27. The van der Waals surface area contributed by atoms with Gasteiger partial charge in [0.2, 0.25) is 5.82 Å². The molecule has 1 heterocycles. The molecule has 6 heteroatoms. The summed E-state index contributed by atoms with van der Waals surface area (Å²) in [6.45, 7) is 0. The molecule has 0 fully saturated rings. The first kappa shape index (κ1) is 21.4. The lowest BCUT2D eigenvalue weighted by Gasteiger charge is -2.07. The van der Waals surface area contributed by atoms with Crippen molar-refractivity contribution < 1.29 is 4.79 Å². The number of hydrogen-bond acceptors (Lipinski definition) is 4. The summed E-state index contributed by atoms with van der Waals surface area (Å²) in [5.74, 6) is 0.135. The lowest BCUT2D eigenvalue weighted by Crippen LogP contribution is -2.19. The molecule has 0 radical (unpaired) electrons. The molecule has 0 aliphatic carbocycles. The van der Waals surface area contributed by atoms with Crippen molar-refractivity contribution in [1.82, 2.24) is 20.2 Å². The third-order valence-electron chi connectivity index (χ3n) is 6.02. The van der Waals surface area contributed by atoms with Crippen LogP contribution in [-0.4, -0.2) is 26.9 Å². The van der Waals surface area contributed by atoms with Crippen LogP contribution in [0, 0.1) is 0 Å². The van der Waals surface area contributed by atoms with Crippen LogP contribution in [0.1, 0.15) is 16.2 Å². The second kappa shape index (κ2) is 9.27. The van der Waals surface area contributed by atoms with E-state index in [-0.39, 0.29) is 5.82 Å². The number of carbonyl (C=O) groups is 1. The zero-order valence-corrected chi connectivity index (χ0v) is 19.2. The van der Waals surface area contributed by atoms with E-state index < -0.39 is 5.91 Å². The van der Waals surface area contributed by atoms with Gasteiger partial charge < -0.3 is 0 Å². The van der Waals surface area contributed by atoms with Crippen molar-refractivity contribution >= 4 is 33.7 Å². The molecule has 0 saturated carbocycles. The molecule has 0 spiro atoms. The molecule has 1 aromatic heterocycles.